The maximum Gasteiger partial charge on any atom is 0.265 e. The molecule has 0 saturated heterocycles. The van der Waals surface area contributed by atoms with Gasteiger partial charge in [0.15, 0.2) is 0 Å². The third kappa shape index (κ3) is 3.89. The van der Waals surface area contributed by atoms with E-state index >= 15 is 0 Å². The van der Waals surface area contributed by atoms with Crippen molar-refractivity contribution >= 4 is 27.0 Å². The van der Waals surface area contributed by atoms with Crippen LogP contribution in [0.25, 0.3) is 11.3 Å². The molecule has 0 spiro atoms. The van der Waals surface area contributed by atoms with Gasteiger partial charge in [-0.25, -0.2) is 13.4 Å². The molecule has 0 fully saturated rings. The fraction of sp³-hybridized carbons (Fsp3) is 0.211. The van der Waals surface area contributed by atoms with E-state index in [1.54, 1.807) is 18.2 Å². The molecule has 136 valence electrons. The van der Waals surface area contributed by atoms with Gasteiger partial charge in [-0.15, -0.1) is 11.3 Å². The van der Waals surface area contributed by atoms with Gasteiger partial charge in [0.25, 0.3) is 10.0 Å². The minimum absolute atomic E-state index is 0.0880. The summed E-state index contributed by atoms with van der Waals surface area (Å²) in [6.45, 7) is 3.94. The zero-order chi connectivity index (χ0) is 18.7. The van der Waals surface area contributed by atoms with Gasteiger partial charge in [0.1, 0.15) is 10.6 Å². The van der Waals surface area contributed by atoms with Gasteiger partial charge in [-0.3, -0.25) is 4.72 Å². The van der Waals surface area contributed by atoms with Crippen molar-refractivity contribution in [1.82, 2.24) is 4.98 Å². The molecule has 3 aromatic rings. The molecule has 1 heterocycles. The average molecular weight is 389 g/mol. The summed E-state index contributed by atoms with van der Waals surface area (Å²) in [5, 5.41) is 2.83. The van der Waals surface area contributed by atoms with Gasteiger partial charge in [0.05, 0.1) is 17.8 Å². The van der Waals surface area contributed by atoms with Gasteiger partial charge in [-0.2, -0.15) is 0 Å². The Morgan fingerprint density at radius 3 is 2.65 bits per heavy atom. The Bertz CT molecular complexity index is 1030. The van der Waals surface area contributed by atoms with Gasteiger partial charge in [0, 0.05) is 16.6 Å². The fourth-order valence-electron chi connectivity index (χ4n) is 2.61. The zero-order valence-electron chi connectivity index (χ0n) is 14.8. The molecule has 7 heteroatoms. The first-order chi connectivity index (χ1) is 12.4. The number of thiazole rings is 1. The molecule has 3 rings (SSSR count). The van der Waals surface area contributed by atoms with E-state index in [-0.39, 0.29) is 4.90 Å². The van der Waals surface area contributed by atoms with Gasteiger partial charge in [-0.1, -0.05) is 19.1 Å². The van der Waals surface area contributed by atoms with Crippen LogP contribution in [0, 0.1) is 6.92 Å². The molecule has 0 bridgehead atoms. The Labute approximate surface area is 157 Å². The van der Waals surface area contributed by atoms with Gasteiger partial charge in [-0.05, 0) is 49.2 Å². The monoisotopic (exact) mass is 388 g/mol. The summed E-state index contributed by atoms with van der Waals surface area (Å²) >= 11 is 1.52. The highest BCUT2D eigenvalue weighted by Gasteiger charge is 2.21. The molecule has 0 unspecified atom stereocenters. The SMILES string of the molecule is CCc1cccc(NS(=O)(=O)c2cc(-c3csc(C)n3)ccc2OC)c1. The predicted molar refractivity (Wildman–Crippen MR) is 105 cm³/mol. The molecule has 26 heavy (non-hydrogen) atoms. The highest BCUT2D eigenvalue weighted by atomic mass is 32.2. The van der Waals surface area contributed by atoms with E-state index in [1.807, 2.05) is 43.5 Å². The fourth-order valence-corrected chi connectivity index (χ4v) is 4.47. The minimum atomic E-state index is -3.80. The number of methoxy groups -OCH3 is 1. The average Bonchev–Trinajstić information content (AvgIpc) is 3.07. The quantitative estimate of drug-likeness (QED) is 0.675. The van der Waals surface area contributed by atoms with E-state index in [0.717, 1.165) is 28.2 Å². The summed E-state index contributed by atoms with van der Waals surface area (Å²) in [4.78, 5) is 4.52. The number of aromatic nitrogens is 1. The predicted octanol–water partition coefficient (Wildman–Crippen LogP) is 4.49. The maximum atomic E-state index is 13.0. The first-order valence-corrected chi connectivity index (χ1v) is 10.5. The number of anilines is 1. The Kier molecular flexibility index (Phi) is 5.29. The number of rotatable bonds is 6. The van der Waals surface area contributed by atoms with Crippen LogP contribution >= 0.6 is 11.3 Å². The van der Waals surface area contributed by atoms with Crippen LogP contribution in [0.4, 0.5) is 5.69 Å². The summed E-state index contributed by atoms with van der Waals surface area (Å²) in [7, 11) is -2.35. The standard InChI is InChI=1S/C19H20N2O3S2/c1-4-14-6-5-7-16(10-14)21-26(22,23)19-11-15(8-9-18(19)24-3)17-12-25-13(2)20-17/h5-12,21H,4H2,1-3H3. The number of nitrogens with one attached hydrogen (secondary N) is 1. The number of sulfonamides is 1. The van der Waals surface area contributed by atoms with E-state index < -0.39 is 10.0 Å². The van der Waals surface area contributed by atoms with Crippen LogP contribution in [-0.2, 0) is 16.4 Å². The third-order valence-electron chi connectivity index (χ3n) is 3.96. The summed E-state index contributed by atoms with van der Waals surface area (Å²) in [6.07, 6.45) is 0.831. The van der Waals surface area contributed by atoms with Gasteiger partial charge < -0.3 is 4.74 Å². The van der Waals surface area contributed by atoms with Crippen LogP contribution in [0.2, 0.25) is 0 Å². The van der Waals surface area contributed by atoms with Crippen LogP contribution in [-0.4, -0.2) is 20.5 Å². The molecular weight excluding hydrogens is 368 g/mol. The molecule has 5 nitrogen and oxygen atoms in total. The summed E-state index contributed by atoms with van der Waals surface area (Å²) in [6, 6.07) is 12.4. The van der Waals surface area contributed by atoms with Crippen molar-refractivity contribution in [2.75, 3.05) is 11.8 Å². The number of ether oxygens (including phenoxy) is 1. The first kappa shape index (κ1) is 18.4. The van der Waals surface area contributed by atoms with Crippen molar-refractivity contribution in [3.8, 4) is 17.0 Å². The maximum absolute atomic E-state index is 13.0. The lowest BCUT2D eigenvalue weighted by Gasteiger charge is -2.13. The second kappa shape index (κ2) is 7.47. The van der Waals surface area contributed by atoms with Crippen molar-refractivity contribution in [3.05, 3.63) is 58.4 Å². The molecule has 0 amide bonds. The van der Waals surface area contributed by atoms with Gasteiger partial charge >= 0.3 is 0 Å². The Morgan fingerprint density at radius 1 is 1.19 bits per heavy atom. The molecule has 0 aliphatic carbocycles. The van der Waals surface area contributed by atoms with Crippen molar-refractivity contribution < 1.29 is 13.2 Å². The minimum Gasteiger partial charge on any atom is -0.495 e. The normalized spacial score (nSPS) is 11.3. The second-order valence-electron chi connectivity index (χ2n) is 5.78. The Morgan fingerprint density at radius 2 is 2.00 bits per heavy atom. The molecule has 0 aliphatic rings. The van der Waals surface area contributed by atoms with E-state index in [4.69, 9.17) is 4.74 Å². The second-order valence-corrected chi connectivity index (χ2v) is 8.49. The molecule has 0 aliphatic heterocycles. The topological polar surface area (TPSA) is 68.3 Å². The molecule has 1 aromatic heterocycles. The lowest BCUT2D eigenvalue weighted by atomic mass is 10.1. The Hall–Kier alpha value is -2.38. The molecule has 1 N–H and O–H groups in total. The molecule has 2 aromatic carbocycles. The van der Waals surface area contributed by atoms with E-state index in [1.165, 1.54) is 18.4 Å². The summed E-state index contributed by atoms with van der Waals surface area (Å²) < 4.78 is 33.8. The van der Waals surface area contributed by atoms with Crippen LogP contribution in [0.5, 0.6) is 5.75 Å². The number of hydrogen-bond donors (Lipinski definition) is 1. The lowest BCUT2D eigenvalue weighted by Crippen LogP contribution is -2.14. The van der Waals surface area contributed by atoms with Crippen LogP contribution in [0.1, 0.15) is 17.5 Å². The van der Waals surface area contributed by atoms with Crippen molar-refractivity contribution in [2.45, 2.75) is 25.2 Å². The third-order valence-corrected chi connectivity index (χ3v) is 6.13. The largest absolute Gasteiger partial charge is 0.495 e. The zero-order valence-corrected chi connectivity index (χ0v) is 16.4. The first-order valence-electron chi connectivity index (χ1n) is 8.15. The number of nitrogens with zero attached hydrogens (tertiary/aromatic N) is 1. The van der Waals surface area contributed by atoms with E-state index in [2.05, 4.69) is 9.71 Å². The highest BCUT2D eigenvalue weighted by Crippen LogP contribution is 2.31. The number of aryl methyl sites for hydroxylation is 2. The summed E-state index contributed by atoms with van der Waals surface area (Å²) in [5.74, 6) is 0.292. The summed E-state index contributed by atoms with van der Waals surface area (Å²) in [5.41, 5.74) is 3.07. The van der Waals surface area contributed by atoms with Crippen LogP contribution in [0.3, 0.4) is 0 Å². The van der Waals surface area contributed by atoms with Crippen LogP contribution < -0.4 is 9.46 Å². The molecule has 0 saturated carbocycles. The smallest absolute Gasteiger partial charge is 0.265 e. The molecule has 0 atom stereocenters. The van der Waals surface area contributed by atoms with Crippen molar-refractivity contribution in [3.63, 3.8) is 0 Å². The highest BCUT2D eigenvalue weighted by molar-refractivity contribution is 7.92. The van der Waals surface area contributed by atoms with Crippen molar-refractivity contribution in [1.29, 1.82) is 0 Å². The number of hydrogen-bond acceptors (Lipinski definition) is 5. The Balaban J connectivity index is 2.02. The van der Waals surface area contributed by atoms with E-state index in [0.29, 0.717) is 11.4 Å². The van der Waals surface area contributed by atoms with Gasteiger partial charge in [0.2, 0.25) is 0 Å². The lowest BCUT2D eigenvalue weighted by molar-refractivity contribution is 0.403. The van der Waals surface area contributed by atoms with Crippen LogP contribution in [0.15, 0.2) is 52.7 Å². The number of benzene rings is 2. The van der Waals surface area contributed by atoms with Crippen molar-refractivity contribution in [2.24, 2.45) is 0 Å². The molecule has 0 radical (unpaired) electrons. The molecular formula is C19H20N2O3S2. The van der Waals surface area contributed by atoms with E-state index in [9.17, 15) is 8.42 Å².